The van der Waals surface area contributed by atoms with E-state index in [4.69, 9.17) is 11.6 Å². The van der Waals surface area contributed by atoms with Gasteiger partial charge in [-0.3, -0.25) is 9.78 Å². The van der Waals surface area contributed by atoms with Crippen LogP contribution in [0.3, 0.4) is 0 Å². The van der Waals surface area contributed by atoms with Crippen molar-refractivity contribution in [2.75, 3.05) is 0 Å². The van der Waals surface area contributed by atoms with E-state index in [0.717, 1.165) is 16.3 Å². The summed E-state index contributed by atoms with van der Waals surface area (Å²) in [4.78, 5) is 17.4. The van der Waals surface area contributed by atoms with Gasteiger partial charge in [0, 0.05) is 28.2 Å². The molecule has 0 saturated carbocycles. The first-order valence-electron chi connectivity index (χ1n) is 5.28. The van der Waals surface area contributed by atoms with Crippen LogP contribution in [0.4, 0.5) is 0 Å². The van der Waals surface area contributed by atoms with Crippen molar-refractivity contribution in [1.29, 1.82) is 0 Å². The van der Waals surface area contributed by atoms with E-state index in [9.17, 15) is 4.79 Å². The molecule has 2 nitrogen and oxygen atoms in total. The standard InChI is InChI=1S/C13H12ClNOS/c1-8-3-5-11(9(2)15-8)12(16)7-10-4-6-13(14)17-10/h3-6H,7H2,1-2H3. The fraction of sp³-hybridized carbons (Fsp3) is 0.231. The molecular formula is C13H12ClNOS. The lowest BCUT2D eigenvalue weighted by Gasteiger charge is -2.04. The Bertz CT molecular complexity index is 562. The molecule has 0 saturated heterocycles. The SMILES string of the molecule is Cc1ccc(C(=O)Cc2ccc(Cl)s2)c(C)n1. The molecular weight excluding hydrogens is 254 g/mol. The lowest BCUT2D eigenvalue weighted by Crippen LogP contribution is -2.06. The number of hydrogen-bond donors (Lipinski definition) is 0. The molecule has 4 heteroatoms. The van der Waals surface area contributed by atoms with Crippen LogP contribution in [0, 0.1) is 13.8 Å². The molecule has 0 aromatic carbocycles. The van der Waals surface area contributed by atoms with Gasteiger partial charge in [-0.2, -0.15) is 0 Å². The van der Waals surface area contributed by atoms with E-state index in [0.29, 0.717) is 16.3 Å². The van der Waals surface area contributed by atoms with Crippen LogP contribution >= 0.6 is 22.9 Å². The number of pyridine rings is 1. The van der Waals surface area contributed by atoms with Gasteiger partial charge in [0.25, 0.3) is 0 Å². The zero-order chi connectivity index (χ0) is 12.4. The molecule has 0 unspecified atom stereocenters. The summed E-state index contributed by atoms with van der Waals surface area (Å²) in [6, 6.07) is 7.41. The van der Waals surface area contributed by atoms with E-state index in [1.165, 1.54) is 11.3 Å². The van der Waals surface area contributed by atoms with Crippen LogP contribution in [0.25, 0.3) is 0 Å². The maximum atomic E-state index is 12.1. The Balaban J connectivity index is 2.20. The molecule has 2 heterocycles. The minimum atomic E-state index is 0.0912. The predicted molar refractivity (Wildman–Crippen MR) is 71.1 cm³/mol. The lowest BCUT2D eigenvalue weighted by atomic mass is 10.1. The fourth-order valence-electron chi connectivity index (χ4n) is 1.68. The van der Waals surface area contributed by atoms with Crippen LogP contribution in [0.2, 0.25) is 4.34 Å². The Morgan fingerprint density at radius 1 is 1.29 bits per heavy atom. The molecule has 17 heavy (non-hydrogen) atoms. The lowest BCUT2D eigenvalue weighted by molar-refractivity contribution is 0.0993. The number of hydrogen-bond acceptors (Lipinski definition) is 3. The van der Waals surface area contributed by atoms with Crippen LogP contribution in [-0.2, 0) is 6.42 Å². The van der Waals surface area contributed by atoms with Gasteiger partial charge in [0.15, 0.2) is 5.78 Å². The molecule has 0 amide bonds. The van der Waals surface area contributed by atoms with Crippen molar-refractivity contribution >= 4 is 28.7 Å². The minimum absolute atomic E-state index is 0.0912. The van der Waals surface area contributed by atoms with Crippen molar-refractivity contribution in [2.45, 2.75) is 20.3 Å². The van der Waals surface area contributed by atoms with Gasteiger partial charge < -0.3 is 0 Å². The van der Waals surface area contributed by atoms with Gasteiger partial charge in [-0.15, -0.1) is 11.3 Å². The van der Waals surface area contributed by atoms with E-state index < -0.39 is 0 Å². The van der Waals surface area contributed by atoms with Gasteiger partial charge >= 0.3 is 0 Å². The first-order valence-corrected chi connectivity index (χ1v) is 6.47. The number of halogens is 1. The summed E-state index contributed by atoms with van der Waals surface area (Å²) in [6.07, 6.45) is 0.392. The highest BCUT2D eigenvalue weighted by Gasteiger charge is 2.12. The molecule has 0 radical (unpaired) electrons. The second-order valence-corrected chi connectivity index (χ2v) is 5.69. The quantitative estimate of drug-likeness (QED) is 0.790. The Morgan fingerprint density at radius 2 is 2.06 bits per heavy atom. The van der Waals surface area contributed by atoms with Gasteiger partial charge in [0.05, 0.1) is 4.34 Å². The number of carbonyl (C=O) groups excluding carboxylic acids is 1. The molecule has 0 bridgehead atoms. The average molecular weight is 266 g/mol. The highest BCUT2D eigenvalue weighted by atomic mass is 35.5. The highest BCUT2D eigenvalue weighted by molar-refractivity contribution is 7.16. The molecule has 2 aromatic rings. The maximum absolute atomic E-state index is 12.1. The fourth-order valence-corrected chi connectivity index (χ4v) is 2.77. The Labute approximate surface area is 109 Å². The molecule has 0 atom stereocenters. The number of Topliss-reactive ketones (excluding diaryl/α,β-unsaturated/α-hetero) is 1. The molecule has 0 spiro atoms. The third-order valence-electron chi connectivity index (χ3n) is 2.49. The molecule has 88 valence electrons. The van der Waals surface area contributed by atoms with Crippen LogP contribution < -0.4 is 0 Å². The summed E-state index contributed by atoms with van der Waals surface area (Å²) in [7, 11) is 0. The third kappa shape index (κ3) is 2.93. The number of carbonyl (C=O) groups is 1. The summed E-state index contributed by atoms with van der Waals surface area (Å²) in [5, 5.41) is 0. The maximum Gasteiger partial charge on any atom is 0.169 e. The molecule has 2 aromatic heterocycles. The zero-order valence-corrected chi connectivity index (χ0v) is 11.2. The summed E-state index contributed by atoms with van der Waals surface area (Å²) >= 11 is 7.28. The molecule has 0 aliphatic heterocycles. The number of nitrogens with zero attached hydrogens (tertiary/aromatic N) is 1. The van der Waals surface area contributed by atoms with Crippen molar-refractivity contribution in [3.63, 3.8) is 0 Å². The van der Waals surface area contributed by atoms with Crippen LogP contribution in [0.5, 0.6) is 0 Å². The number of thiophene rings is 1. The summed E-state index contributed by atoms with van der Waals surface area (Å²) in [5.41, 5.74) is 2.41. The molecule has 0 fully saturated rings. The van der Waals surface area contributed by atoms with Gasteiger partial charge in [-0.1, -0.05) is 11.6 Å². The Hall–Kier alpha value is -1.19. The molecule has 2 rings (SSSR count). The monoisotopic (exact) mass is 265 g/mol. The first kappa shape index (κ1) is 12.3. The largest absolute Gasteiger partial charge is 0.294 e. The Kier molecular flexibility index (Phi) is 3.60. The second kappa shape index (κ2) is 4.98. The van der Waals surface area contributed by atoms with E-state index in [1.807, 2.05) is 38.1 Å². The normalized spacial score (nSPS) is 10.5. The summed E-state index contributed by atoms with van der Waals surface area (Å²) < 4.78 is 0.714. The van der Waals surface area contributed by atoms with Crippen molar-refractivity contribution in [3.8, 4) is 0 Å². The molecule has 0 N–H and O–H groups in total. The van der Waals surface area contributed by atoms with E-state index >= 15 is 0 Å². The number of rotatable bonds is 3. The van der Waals surface area contributed by atoms with E-state index in [2.05, 4.69) is 4.98 Å². The molecule has 0 aliphatic carbocycles. The molecule has 0 aliphatic rings. The van der Waals surface area contributed by atoms with Crippen LogP contribution in [-0.4, -0.2) is 10.8 Å². The topological polar surface area (TPSA) is 30.0 Å². The summed E-state index contributed by atoms with van der Waals surface area (Å²) in [6.45, 7) is 3.78. The Morgan fingerprint density at radius 3 is 2.65 bits per heavy atom. The van der Waals surface area contributed by atoms with Gasteiger partial charge in [-0.05, 0) is 38.1 Å². The third-order valence-corrected chi connectivity index (χ3v) is 3.72. The first-order chi connectivity index (χ1) is 8.06. The van der Waals surface area contributed by atoms with E-state index in [1.54, 1.807) is 0 Å². The van der Waals surface area contributed by atoms with E-state index in [-0.39, 0.29) is 5.78 Å². The van der Waals surface area contributed by atoms with Crippen molar-refractivity contribution in [2.24, 2.45) is 0 Å². The van der Waals surface area contributed by atoms with Crippen LogP contribution in [0.15, 0.2) is 24.3 Å². The number of aromatic nitrogens is 1. The van der Waals surface area contributed by atoms with Gasteiger partial charge in [-0.25, -0.2) is 0 Å². The van der Waals surface area contributed by atoms with Crippen molar-refractivity contribution < 1.29 is 4.79 Å². The van der Waals surface area contributed by atoms with Gasteiger partial charge in [0.2, 0.25) is 0 Å². The highest BCUT2D eigenvalue weighted by Crippen LogP contribution is 2.23. The number of ketones is 1. The summed E-state index contributed by atoms with van der Waals surface area (Å²) in [5.74, 6) is 0.0912. The van der Waals surface area contributed by atoms with Gasteiger partial charge in [0.1, 0.15) is 0 Å². The second-order valence-electron chi connectivity index (χ2n) is 3.89. The zero-order valence-electron chi connectivity index (χ0n) is 9.66. The minimum Gasteiger partial charge on any atom is -0.294 e. The average Bonchev–Trinajstić information content (AvgIpc) is 2.63. The number of aryl methyl sites for hydroxylation is 2. The van der Waals surface area contributed by atoms with Crippen molar-refractivity contribution in [3.05, 3.63) is 50.4 Å². The van der Waals surface area contributed by atoms with Crippen molar-refractivity contribution in [1.82, 2.24) is 4.98 Å². The van der Waals surface area contributed by atoms with Crippen LogP contribution in [0.1, 0.15) is 26.6 Å². The predicted octanol–water partition coefficient (Wildman–Crippen LogP) is 3.84. The smallest absolute Gasteiger partial charge is 0.169 e.